The van der Waals surface area contributed by atoms with Crippen LogP contribution in [0.25, 0.3) is 0 Å². The highest BCUT2D eigenvalue weighted by atomic mass is 35.5. The summed E-state index contributed by atoms with van der Waals surface area (Å²) in [5, 5.41) is 3.51. The molecule has 1 atom stereocenters. The summed E-state index contributed by atoms with van der Waals surface area (Å²) < 4.78 is 65.6. The molecule has 0 aromatic heterocycles. The minimum Gasteiger partial charge on any atom is -0.352 e. The summed E-state index contributed by atoms with van der Waals surface area (Å²) in [4.78, 5) is 27.8. The normalized spacial score (nSPS) is 15.2. The Morgan fingerprint density at radius 1 is 1.11 bits per heavy atom. The third kappa shape index (κ3) is 7.77. The fraction of sp³-hybridized carbons (Fsp3) is 0.440. The molecule has 7 nitrogen and oxygen atoms in total. The lowest BCUT2D eigenvalue weighted by Gasteiger charge is -2.32. The van der Waals surface area contributed by atoms with E-state index in [1.165, 1.54) is 19.1 Å². The number of carbonyl (C=O) groups is 2. The molecule has 38 heavy (non-hydrogen) atoms. The average molecular weight is 594 g/mol. The molecule has 13 heteroatoms. The summed E-state index contributed by atoms with van der Waals surface area (Å²) in [7, 11) is -4.19. The van der Waals surface area contributed by atoms with E-state index in [1.54, 1.807) is 12.1 Å². The van der Waals surface area contributed by atoms with Gasteiger partial charge in [0.2, 0.25) is 21.8 Å². The van der Waals surface area contributed by atoms with E-state index in [4.69, 9.17) is 23.2 Å². The Balaban J connectivity index is 1.94. The molecule has 2 aromatic carbocycles. The highest BCUT2D eigenvalue weighted by Gasteiger charge is 2.34. The van der Waals surface area contributed by atoms with Crippen molar-refractivity contribution >= 4 is 50.7 Å². The van der Waals surface area contributed by atoms with Crippen LogP contribution < -0.4 is 9.62 Å². The third-order valence-electron chi connectivity index (χ3n) is 6.37. The molecule has 0 spiro atoms. The first-order chi connectivity index (χ1) is 17.7. The van der Waals surface area contributed by atoms with Gasteiger partial charge in [0, 0.05) is 22.6 Å². The number of hydrogen-bond acceptors (Lipinski definition) is 4. The van der Waals surface area contributed by atoms with Crippen molar-refractivity contribution in [1.82, 2.24) is 10.2 Å². The maximum atomic E-state index is 13.6. The van der Waals surface area contributed by atoms with Crippen LogP contribution in [0.15, 0.2) is 42.5 Å². The second-order valence-electron chi connectivity index (χ2n) is 9.24. The highest BCUT2D eigenvalue weighted by molar-refractivity contribution is 7.92. The first kappa shape index (κ1) is 30.0. The molecule has 1 aliphatic carbocycles. The summed E-state index contributed by atoms with van der Waals surface area (Å²) in [6.07, 6.45) is -0.352. The molecule has 1 aliphatic rings. The number of anilines is 1. The zero-order valence-electron chi connectivity index (χ0n) is 20.8. The molecular weight excluding hydrogens is 566 g/mol. The Hall–Kier alpha value is -2.50. The molecular formula is C25H28Cl2F3N3O4S. The number of rotatable bonds is 9. The van der Waals surface area contributed by atoms with Crippen LogP contribution in [0.5, 0.6) is 0 Å². The van der Waals surface area contributed by atoms with Crippen LogP contribution in [0.3, 0.4) is 0 Å². The fourth-order valence-corrected chi connectivity index (χ4v) is 5.57. The third-order valence-corrected chi connectivity index (χ3v) is 8.09. The van der Waals surface area contributed by atoms with E-state index in [0.717, 1.165) is 49.0 Å². The van der Waals surface area contributed by atoms with Crippen LogP contribution in [0, 0.1) is 0 Å². The minimum atomic E-state index is -4.71. The SMILES string of the molecule is CC(C(=O)NC1CCCC1)N(Cc1ccc(Cl)cc1Cl)C(=O)CN(c1cccc(C(F)(F)F)c1)S(C)(=O)=O. The van der Waals surface area contributed by atoms with E-state index >= 15 is 0 Å². The number of hydrogen-bond donors (Lipinski definition) is 1. The smallest absolute Gasteiger partial charge is 0.352 e. The molecule has 2 aromatic rings. The number of carbonyl (C=O) groups excluding carboxylic acids is 2. The van der Waals surface area contributed by atoms with Crippen molar-refractivity contribution < 1.29 is 31.2 Å². The van der Waals surface area contributed by atoms with Gasteiger partial charge in [-0.25, -0.2) is 8.42 Å². The first-order valence-electron chi connectivity index (χ1n) is 11.9. The van der Waals surface area contributed by atoms with Gasteiger partial charge in [-0.1, -0.05) is 48.2 Å². The lowest BCUT2D eigenvalue weighted by Crippen LogP contribution is -2.52. The molecule has 3 rings (SSSR count). The van der Waals surface area contributed by atoms with Crippen molar-refractivity contribution in [2.24, 2.45) is 0 Å². The number of alkyl halides is 3. The predicted molar refractivity (Wildman–Crippen MR) is 141 cm³/mol. The Kier molecular flexibility index (Phi) is 9.59. The molecule has 1 saturated carbocycles. The topological polar surface area (TPSA) is 86.8 Å². The summed E-state index contributed by atoms with van der Waals surface area (Å²) in [6, 6.07) is 7.23. The predicted octanol–water partition coefficient (Wildman–Crippen LogP) is 5.25. The standard InChI is InChI=1S/C25H28Cl2F3N3O4S/c1-16(24(35)31-20-7-3-4-8-20)32(14-17-10-11-19(26)13-22(17)27)23(34)15-33(38(2,36)37)21-9-5-6-18(12-21)25(28,29)30/h5-6,9-13,16,20H,3-4,7-8,14-15H2,1-2H3,(H,31,35). The molecule has 0 saturated heterocycles. The van der Waals surface area contributed by atoms with Crippen LogP contribution >= 0.6 is 23.2 Å². The molecule has 0 aliphatic heterocycles. The Morgan fingerprint density at radius 3 is 2.34 bits per heavy atom. The highest BCUT2D eigenvalue weighted by Crippen LogP contribution is 2.32. The van der Waals surface area contributed by atoms with Gasteiger partial charge in [-0.2, -0.15) is 13.2 Å². The average Bonchev–Trinajstić information content (AvgIpc) is 3.33. The van der Waals surface area contributed by atoms with E-state index in [1.807, 2.05) is 0 Å². The summed E-state index contributed by atoms with van der Waals surface area (Å²) in [6.45, 7) is 0.516. The maximum absolute atomic E-state index is 13.6. The van der Waals surface area contributed by atoms with Gasteiger partial charge in [-0.05, 0) is 55.7 Å². The van der Waals surface area contributed by atoms with Gasteiger partial charge in [0.05, 0.1) is 17.5 Å². The van der Waals surface area contributed by atoms with Gasteiger partial charge in [-0.3, -0.25) is 13.9 Å². The van der Waals surface area contributed by atoms with Crippen molar-refractivity contribution in [1.29, 1.82) is 0 Å². The lowest BCUT2D eigenvalue weighted by atomic mass is 10.1. The van der Waals surface area contributed by atoms with Crippen molar-refractivity contribution in [3.8, 4) is 0 Å². The summed E-state index contributed by atoms with van der Waals surface area (Å²) >= 11 is 12.3. The molecule has 1 fully saturated rings. The van der Waals surface area contributed by atoms with Gasteiger partial charge >= 0.3 is 6.18 Å². The van der Waals surface area contributed by atoms with Crippen molar-refractivity contribution in [3.63, 3.8) is 0 Å². The summed E-state index contributed by atoms with van der Waals surface area (Å²) in [5.41, 5.74) is -0.941. The van der Waals surface area contributed by atoms with E-state index in [2.05, 4.69) is 5.32 Å². The summed E-state index contributed by atoms with van der Waals surface area (Å²) in [5.74, 6) is -1.23. The van der Waals surface area contributed by atoms with E-state index in [9.17, 15) is 31.2 Å². The molecule has 208 valence electrons. The van der Waals surface area contributed by atoms with Gasteiger partial charge in [0.15, 0.2) is 0 Å². The quantitative estimate of drug-likeness (QED) is 0.430. The molecule has 1 N–H and O–H groups in total. The maximum Gasteiger partial charge on any atom is 0.416 e. The number of amides is 2. The second-order valence-corrected chi connectivity index (χ2v) is 12.0. The van der Waals surface area contributed by atoms with Crippen LogP contribution in [-0.4, -0.2) is 50.0 Å². The van der Waals surface area contributed by atoms with E-state index < -0.39 is 46.2 Å². The number of nitrogens with zero attached hydrogens (tertiary/aromatic N) is 2. The van der Waals surface area contributed by atoms with E-state index in [0.29, 0.717) is 21.0 Å². The fourth-order valence-electron chi connectivity index (χ4n) is 4.26. The van der Waals surface area contributed by atoms with Gasteiger partial charge in [0.25, 0.3) is 0 Å². The van der Waals surface area contributed by atoms with E-state index in [-0.39, 0.29) is 23.3 Å². The van der Waals surface area contributed by atoms with Crippen LogP contribution in [-0.2, 0) is 32.3 Å². The lowest BCUT2D eigenvalue weighted by molar-refractivity contribution is -0.139. The van der Waals surface area contributed by atoms with Crippen LogP contribution in [0.2, 0.25) is 10.0 Å². The van der Waals surface area contributed by atoms with Gasteiger partial charge in [-0.15, -0.1) is 0 Å². The Labute approximate surface area is 229 Å². The first-order valence-corrected chi connectivity index (χ1v) is 14.5. The minimum absolute atomic E-state index is 0.0290. The monoisotopic (exact) mass is 593 g/mol. The molecule has 0 bridgehead atoms. The number of benzene rings is 2. The zero-order valence-corrected chi connectivity index (χ0v) is 23.1. The van der Waals surface area contributed by atoms with Crippen LogP contribution in [0.1, 0.15) is 43.7 Å². The van der Waals surface area contributed by atoms with Gasteiger partial charge in [0.1, 0.15) is 12.6 Å². The van der Waals surface area contributed by atoms with Crippen molar-refractivity contribution in [3.05, 3.63) is 63.6 Å². The molecule has 0 radical (unpaired) electrons. The van der Waals surface area contributed by atoms with Crippen LogP contribution in [0.4, 0.5) is 18.9 Å². The van der Waals surface area contributed by atoms with Crippen molar-refractivity contribution in [2.75, 3.05) is 17.1 Å². The Bertz CT molecular complexity index is 1280. The number of sulfonamides is 1. The Morgan fingerprint density at radius 2 is 1.76 bits per heavy atom. The van der Waals surface area contributed by atoms with Gasteiger partial charge < -0.3 is 10.2 Å². The molecule has 0 heterocycles. The molecule has 1 unspecified atom stereocenters. The largest absolute Gasteiger partial charge is 0.416 e. The second kappa shape index (κ2) is 12.1. The zero-order chi connectivity index (χ0) is 28.3. The molecule has 2 amide bonds. The number of nitrogens with one attached hydrogen (secondary N) is 1. The van der Waals surface area contributed by atoms with Crippen molar-refractivity contribution in [2.45, 2.75) is 57.4 Å². The number of halogens is 5.